The minimum atomic E-state index is -0.0145. The molecule has 1 aliphatic carbocycles. The first-order chi connectivity index (χ1) is 7.75. The zero-order chi connectivity index (χ0) is 11.4. The van der Waals surface area contributed by atoms with Crippen LogP contribution in [0, 0.1) is 5.92 Å². The van der Waals surface area contributed by atoms with Gasteiger partial charge in [-0.25, -0.2) is 0 Å². The van der Waals surface area contributed by atoms with E-state index in [0.29, 0.717) is 18.9 Å². The van der Waals surface area contributed by atoms with Gasteiger partial charge in [0.1, 0.15) is 0 Å². The van der Waals surface area contributed by atoms with Crippen molar-refractivity contribution in [3.05, 3.63) is 12.2 Å². The van der Waals surface area contributed by atoms with Gasteiger partial charge >= 0.3 is 0 Å². The van der Waals surface area contributed by atoms with Crippen molar-refractivity contribution in [2.75, 3.05) is 19.6 Å². The van der Waals surface area contributed by atoms with Crippen LogP contribution < -0.4 is 5.32 Å². The molecule has 1 aliphatic heterocycles. The van der Waals surface area contributed by atoms with Crippen LogP contribution in [-0.4, -0.2) is 36.3 Å². The van der Waals surface area contributed by atoms with Gasteiger partial charge in [0.25, 0.3) is 0 Å². The fraction of sp³-hybridized carbons (Fsp3) is 0.667. The molecule has 1 fully saturated rings. The van der Waals surface area contributed by atoms with E-state index >= 15 is 0 Å². The Morgan fingerprint density at radius 1 is 1.38 bits per heavy atom. The molecule has 0 bridgehead atoms. The summed E-state index contributed by atoms with van der Waals surface area (Å²) in [6.45, 7) is 1.55. The topological polar surface area (TPSA) is 49.4 Å². The molecule has 0 saturated carbocycles. The zero-order valence-corrected chi connectivity index (χ0v) is 9.45. The second kappa shape index (κ2) is 5.14. The average molecular weight is 222 g/mol. The number of amides is 2. The highest BCUT2D eigenvalue weighted by atomic mass is 16.2. The largest absolute Gasteiger partial charge is 0.347 e. The van der Waals surface area contributed by atoms with Gasteiger partial charge in [0.2, 0.25) is 11.8 Å². The van der Waals surface area contributed by atoms with E-state index in [1.165, 1.54) is 0 Å². The van der Waals surface area contributed by atoms with Gasteiger partial charge in [-0.2, -0.15) is 0 Å². The number of nitrogens with zero attached hydrogens (tertiary/aromatic N) is 1. The Bertz CT molecular complexity index is 312. The minimum absolute atomic E-state index is 0.0145. The minimum Gasteiger partial charge on any atom is -0.347 e. The molecule has 4 heteroatoms. The van der Waals surface area contributed by atoms with Crippen LogP contribution >= 0.6 is 0 Å². The molecule has 0 aromatic rings. The SMILES string of the molecule is O=C1CCN(CC2CC=CCC2)C(=O)CN1. The Balaban J connectivity index is 1.89. The van der Waals surface area contributed by atoms with Crippen LogP contribution in [0.5, 0.6) is 0 Å². The summed E-state index contributed by atoms with van der Waals surface area (Å²) in [6.07, 6.45) is 8.16. The Morgan fingerprint density at radius 2 is 2.25 bits per heavy atom. The summed E-state index contributed by atoms with van der Waals surface area (Å²) < 4.78 is 0. The number of rotatable bonds is 2. The molecule has 1 atom stereocenters. The molecular weight excluding hydrogens is 204 g/mol. The summed E-state index contributed by atoms with van der Waals surface area (Å²) >= 11 is 0. The summed E-state index contributed by atoms with van der Waals surface area (Å²) in [7, 11) is 0. The predicted molar refractivity (Wildman–Crippen MR) is 60.7 cm³/mol. The molecule has 0 aromatic heterocycles. The Labute approximate surface area is 95.7 Å². The number of nitrogens with one attached hydrogen (secondary N) is 1. The third-order valence-corrected chi connectivity index (χ3v) is 3.25. The van der Waals surface area contributed by atoms with Crippen LogP contribution in [0.15, 0.2) is 12.2 Å². The fourth-order valence-corrected chi connectivity index (χ4v) is 2.26. The second-order valence-corrected chi connectivity index (χ2v) is 4.52. The van der Waals surface area contributed by atoms with Crippen molar-refractivity contribution in [1.29, 1.82) is 0 Å². The van der Waals surface area contributed by atoms with Gasteiger partial charge in [-0.3, -0.25) is 9.59 Å². The average Bonchev–Trinajstić information content (AvgIpc) is 2.46. The van der Waals surface area contributed by atoms with Gasteiger partial charge in [-0.15, -0.1) is 0 Å². The van der Waals surface area contributed by atoms with E-state index in [4.69, 9.17) is 0 Å². The molecular formula is C12H18N2O2. The number of carbonyl (C=O) groups excluding carboxylic acids is 2. The third kappa shape index (κ3) is 2.84. The van der Waals surface area contributed by atoms with E-state index in [2.05, 4.69) is 17.5 Å². The van der Waals surface area contributed by atoms with Crippen LogP contribution in [-0.2, 0) is 9.59 Å². The Hall–Kier alpha value is -1.32. The highest BCUT2D eigenvalue weighted by Gasteiger charge is 2.22. The second-order valence-electron chi connectivity index (χ2n) is 4.52. The molecule has 2 amide bonds. The normalized spacial score (nSPS) is 26.5. The monoisotopic (exact) mass is 222 g/mol. The number of hydrogen-bond acceptors (Lipinski definition) is 2. The van der Waals surface area contributed by atoms with Crippen LogP contribution in [0.4, 0.5) is 0 Å². The summed E-state index contributed by atoms with van der Waals surface area (Å²) in [5.41, 5.74) is 0. The zero-order valence-electron chi connectivity index (χ0n) is 9.45. The number of allylic oxidation sites excluding steroid dienone is 2. The molecule has 1 N–H and O–H groups in total. The summed E-state index contributed by atoms with van der Waals surface area (Å²) in [6, 6.07) is 0. The van der Waals surface area contributed by atoms with Crippen LogP contribution in [0.25, 0.3) is 0 Å². The van der Waals surface area contributed by atoms with E-state index in [-0.39, 0.29) is 18.4 Å². The van der Waals surface area contributed by atoms with Crippen molar-refractivity contribution in [1.82, 2.24) is 10.2 Å². The van der Waals surface area contributed by atoms with Crippen molar-refractivity contribution in [2.45, 2.75) is 25.7 Å². The first kappa shape index (κ1) is 11.2. The lowest BCUT2D eigenvalue weighted by atomic mass is 9.94. The quantitative estimate of drug-likeness (QED) is 0.699. The Kier molecular flexibility index (Phi) is 3.59. The molecule has 1 saturated heterocycles. The highest BCUT2D eigenvalue weighted by molar-refractivity contribution is 5.87. The molecule has 4 nitrogen and oxygen atoms in total. The molecule has 88 valence electrons. The standard InChI is InChI=1S/C12H18N2O2/c15-11-6-7-14(12(16)8-13-11)9-10-4-2-1-3-5-10/h1-2,10H,3-9H2,(H,13,15). The summed E-state index contributed by atoms with van der Waals surface area (Å²) in [5, 5.41) is 2.62. The highest BCUT2D eigenvalue weighted by Crippen LogP contribution is 2.19. The van der Waals surface area contributed by atoms with E-state index < -0.39 is 0 Å². The maximum absolute atomic E-state index is 11.7. The molecule has 1 heterocycles. The summed E-state index contributed by atoms with van der Waals surface area (Å²) in [5.74, 6) is 0.613. The van der Waals surface area contributed by atoms with Crippen molar-refractivity contribution >= 4 is 11.8 Å². The first-order valence-electron chi connectivity index (χ1n) is 5.95. The van der Waals surface area contributed by atoms with Crippen LogP contribution in [0.1, 0.15) is 25.7 Å². The lowest BCUT2D eigenvalue weighted by Crippen LogP contribution is -2.38. The molecule has 0 radical (unpaired) electrons. The lowest BCUT2D eigenvalue weighted by molar-refractivity contribution is -0.130. The van der Waals surface area contributed by atoms with Crippen molar-refractivity contribution in [3.8, 4) is 0 Å². The molecule has 0 aromatic carbocycles. The maximum atomic E-state index is 11.7. The van der Waals surface area contributed by atoms with Crippen LogP contribution in [0.3, 0.4) is 0 Å². The van der Waals surface area contributed by atoms with Gasteiger partial charge in [0.15, 0.2) is 0 Å². The van der Waals surface area contributed by atoms with Crippen LogP contribution in [0.2, 0.25) is 0 Å². The lowest BCUT2D eigenvalue weighted by Gasteiger charge is -2.26. The fourth-order valence-electron chi connectivity index (χ4n) is 2.26. The number of hydrogen-bond donors (Lipinski definition) is 1. The van der Waals surface area contributed by atoms with E-state index in [9.17, 15) is 9.59 Å². The molecule has 0 spiro atoms. The molecule has 2 aliphatic rings. The van der Waals surface area contributed by atoms with E-state index in [0.717, 1.165) is 25.8 Å². The third-order valence-electron chi connectivity index (χ3n) is 3.25. The summed E-state index contributed by atoms with van der Waals surface area (Å²) in [4.78, 5) is 24.7. The van der Waals surface area contributed by atoms with Gasteiger partial charge in [0.05, 0.1) is 6.54 Å². The van der Waals surface area contributed by atoms with Gasteiger partial charge in [0, 0.05) is 19.5 Å². The molecule has 16 heavy (non-hydrogen) atoms. The van der Waals surface area contributed by atoms with Gasteiger partial charge in [-0.05, 0) is 25.2 Å². The van der Waals surface area contributed by atoms with E-state index in [1.807, 2.05) is 4.90 Å². The maximum Gasteiger partial charge on any atom is 0.241 e. The van der Waals surface area contributed by atoms with E-state index in [1.54, 1.807) is 0 Å². The predicted octanol–water partition coefficient (Wildman–Crippen LogP) is 0.691. The molecule has 2 rings (SSSR count). The van der Waals surface area contributed by atoms with Crippen molar-refractivity contribution < 1.29 is 9.59 Å². The molecule has 1 unspecified atom stereocenters. The van der Waals surface area contributed by atoms with Crippen molar-refractivity contribution in [3.63, 3.8) is 0 Å². The Morgan fingerprint density at radius 3 is 3.00 bits per heavy atom. The van der Waals surface area contributed by atoms with Gasteiger partial charge in [-0.1, -0.05) is 12.2 Å². The van der Waals surface area contributed by atoms with Gasteiger partial charge < -0.3 is 10.2 Å². The smallest absolute Gasteiger partial charge is 0.241 e. The first-order valence-corrected chi connectivity index (χ1v) is 5.95. The number of carbonyl (C=O) groups is 2. The van der Waals surface area contributed by atoms with Crippen molar-refractivity contribution in [2.24, 2.45) is 5.92 Å².